The number of hydrogen-bond donors (Lipinski definition) is 1. The number of rotatable bonds is 7. The van der Waals surface area contributed by atoms with Crippen molar-refractivity contribution in [1.29, 1.82) is 5.26 Å². The molecule has 9 heteroatoms. The summed E-state index contributed by atoms with van der Waals surface area (Å²) in [6.07, 6.45) is 1.48. The Balaban J connectivity index is 1.81. The molecule has 0 saturated carbocycles. The summed E-state index contributed by atoms with van der Waals surface area (Å²) in [5.41, 5.74) is 1.94. The number of nitrogens with one attached hydrogen (secondary N) is 1. The molecule has 0 aliphatic rings. The van der Waals surface area contributed by atoms with E-state index < -0.39 is 5.91 Å². The molecule has 0 aromatic heterocycles. The molecule has 168 valence electrons. The third kappa shape index (κ3) is 6.75. The van der Waals surface area contributed by atoms with Crippen molar-refractivity contribution in [2.75, 3.05) is 12.4 Å². The molecule has 0 heterocycles. The monoisotopic (exact) mass is 608 g/mol. The molecule has 3 aromatic rings. The second kappa shape index (κ2) is 11.6. The number of ether oxygens (including phenoxy) is 2. The molecule has 0 atom stereocenters. The molecule has 33 heavy (non-hydrogen) atoms. The Labute approximate surface area is 218 Å². The van der Waals surface area contributed by atoms with Crippen LogP contribution in [0, 0.1) is 11.3 Å². The van der Waals surface area contributed by atoms with Crippen LogP contribution in [0.2, 0.25) is 10.0 Å². The Morgan fingerprint density at radius 1 is 1.09 bits per heavy atom. The molecule has 0 spiro atoms. The predicted molar refractivity (Wildman–Crippen MR) is 138 cm³/mol. The second-order valence-electron chi connectivity index (χ2n) is 6.70. The van der Waals surface area contributed by atoms with Crippen molar-refractivity contribution in [1.82, 2.24) is 0 Å². The van der Waals surface area contributed by atoms with E-state index in [9.17, 15) is 10.1 Å². The maximum Gasteiger partial charge on any atom is 0.266 e. The zero-order valence-electron chi connectivity index (χ0n) is 17.2. The van der Waals surface area contributed by atoms with Gasteiger partial charge in [0.05, 0.1) is 21.6 Å². The lowest BCUT2D eigenvalue weighted by Crippen LogP contribution is -2.13. The van der Waals surface area contributed by atoms with Crippen molar-refractivity contribution < 1.29 is 14.3 Å². The van der Waals surface area contributed by atoms with E-state index in [0.717, 1.165) is 10.0 Å². The third-order valence-electron chi connectivity index (χ3n) is 4.40. The molecule has 1 N–H and O–H groups in total. The standard InChI is InChI=1S/C24H16Br2Cl2N2O3/c1-32-22-11-15(8-16(12-29)24(31)30-18-5-3-17(25)4-6-18)9-19(26)23(22)33-13-14-2-7-20(27)21(28)10-14/h2-11H,13H2,1H3,(H,30,31)/b16-8-. The van der Waals surface area contributed by atoms with Gasteiger partial charge in [0.25, 0.3) is 5.91 Å². The van der Waals surface area contributed by atoms with Gasteiger partial charge < -0.3 is 14.8 Å². The first-order chi connectivity index (χ1) is 15.8. The fourth-order valence-corrected chi connectivity index (χ4v) is 3.95. The van der Waals surface area contributed by atoms with Crippen LogP contribution < -0.4 is 14.8 Å². The number of nitrogens with zero attached hydrogens (tertiary/aromatic N) is 1. The van der Waals surface area contributed by atoms with Crippen molar-refractivity contribution in [2.24, 2.45) is 0 Å². The third-order valence-corrected chi connectivity index (χ3v) is 6.25. The summed E-state index contributed by atoms with van der Waals surface area (Å²) in [6, 6.07) is 17.6. The SMILES string of the molecule is COc1cc(/C=C(/C#N)C(=O)Nc2ccc(Br)cc2)cc(Br)c1OCc1ccc(Cl)c(Cl)c1. The fourth-order valence-electron chi connectivity index (χ4n) is 2.80. The summed E-state index contributed by atoms with van der Waals surface area (Å²) in [4.78, 5) is 12.5. The van der Waals surface area contributed by atoms with Gasteiger partial charge in [-0.2, -0.15) is 5.26 Å². The summed E-state index contributed by atoms with van der Waals surface area (Å²) < 4.78 is 12.9. The summed E-state index contributed by atoms with van der Waals surface area (Å²) in [7, 11) is 1.51. The van der Waals surface area contributed by atoms with Crippen molar-refractivity contribution in [3.8, 4) is 17.6 Å². The zero-order chi connectivity index (χ0) is 24.0. The summed E-state index contributed by atoms with van der Waals surface area (Å²) >= 11 is 18.8. The van der Waals surface area contributed by atoms with Gasteiger partial charge in [-0.15, -0.1) is 0 Å². The van der Waals surface area contributed by atoms with Crippen molar-refractivity contribution in [2.45, 2.75) is 6.61 Å². The highest BCUT2D eigenvalue weighted by atomic mass is 79.9. The molecule has 0 radical (unpaired) electrons. The number of halogens is 4. The van der Waals surface area contributed by atoms with Gasteiger partial charge >= 0.3 is 0 Å². The van der Waals surface area contributed by atoms with Crippen LogP contribution in [0.3, 0.4) is 0 Å². The van der Waals surface area contributed by atoms with Crippen LogP contribution in [0.5, 0.6) is 11.5 Å². The van der Waals surface area contributed by atoms with Gasteiger partial charge in [-0.05, 0) is 81.7 Å². The number of methoxy groups -OCH3 is 1. The molecule has 1 amide bonds. The summed E-state index contributed by atoms with van der Waals surface area (Å²) in [5.74, 6) is 0.384. The minimum absolute atomic E-state index is 0.0589. The number of anilines is 1. The van der Waals surface area contributed by atoms with Crippen LogP contribution in [0.4, 0.5) is 5.69 Å². The number of carbonyl (C=O) groups excluding carboxylic acids is 1. The number of carbonyl (C=O) groups is 1. The Hall–Kier alpha value is -2.50. The van der Waals surface area contributed by atoms with Crippen LogP contribution in [0.1, 0.15) is 11.1 Å². The van der Waals surface area contributed by atoms with Gasteiger partial charge in [0.2, 0.25) is 0 Å². The first kappa shape index (κ1) is 25.1. The van der Waals surface area contributed by atoms with E-state index in [1.54, 1.807) is 48.5 Å². The topological polar surface area (TPSA) is 71.3 Å². The van der Waals surface area contributed by atoms with E-state index in [1.165, 1.54) is 13.2 Å². The van der Waals surface area contributed by atoms with Gasteiger partial charge in [-0.3, -0.25) is 4.79 Å². The van der Waals surface area contributed by atoms with Crippen molar-refractivity contribution in [3.05, 3.63) is 90.3 Å². The summed E-state index contributed by atoms with van der Waals surface area (Å²) in [6.45, 7) is 0.236. The summed E-state index contributed by atoms with van der Waals surface area (Å²) in [5, 5.41) is 13.1. The zero-order valence-corrected chi connectivity index (χ0v) is 21.8. The lowest BCUT2D eigenvalue weighted by Gasteiger charge is -2.14. The number of amides is 1. The van der Waals surface area contributed by atoms with E-state index in [4.69, 9.17) is 32.7 Å². The first-order valence-electron chi connectivity index (χ1n) is 9.43. The number of hydrogen-bond acceptors (Lipinski definition) is 4. The van der Waals surface area contributed by atoms with Crippen LogP contribution in [-0.2, 0) is 11.4 Å². The van der Waals surface area contributed by atoms with Crippen LogP contribution in [0.25, 0.3) is 6.08 Å². The van der Waals surface area contributed by atoms with Crippen molar-refractivity contribution in [3.63, 3.8) is 0 Å². The molecule has 5 nitrogen and oxygen atoms in total. The highest BCUT2D eigenvalue weighted by Gasteiger charge is 2.15. The van der Waals surface area contributed by atoms with E-state index in [1.807, 2.05) is 12.1 Å². The van der Waals surface area contributed by atoms with Gasteiger partial charge in [0, 0.05) is 10.2 Å². The van der Waals surface area contributed by atoms with E-state index in [0.29, 0.717) is 37.3 Å². The van der Waals surface area contributed by atoms with E-state index >= 15 is 0 Å². The van der Waals surface area contributed by atoms with Crippen LogP contribution in [0.15, 0.2) is 69.1 Å². The van der Waals surface area contributed by atoms with Crippen LogP contribution in [-0.4, -0.2) is 13.0 Å². The molecule has 0 aliphatic carbocycles. The second-order valence-corrected chi connectivity index (χ2v) is 9.29. The average molecular weight is 611 g/mol. The Bertz CT molecular complexity index is 1260. The largest absolute Gasteiger partial charge is 0.493 e. The van der Waals surface area contributed by atoms with E-state index in [2.05, 4.69) is 37.2 Å². The van der Waals surface area contributed by atoms with Gasteiger partial charge in [-0.25, -0.2) is 0 Å². The lowest BCUT2D eigenvalue weighted by atomic mass is 10.1. The molecule has 3 rings (SSSR count). The average Bonchev–Trinajstić information content (AvgIpc) is 2.80. The smallest absolute Gasteiger partial charge is 0.266 e. The minimum Gasteiger partial charge on any atom is -0.493 e. The molecule has 0 saturated heterocycles. The molecular formula is C24H16Br2Cl2N2O3. The van der Waals surface area contributed by atoms with Crippen LogP contribution >= 0.6 is 55.1 Å². The Morgan fingerprint density at radius 2 is 1.82 bits per heavy atom. The van der Waals surface area contributed by atoms with Gasteiger partial charge in [0.15, 0.2) is 11.5 Å². The molecule has 0 fully saturated rings. The van der Waals surface area contributed by atoms with E-state index in [-0.39, 0.29) is 12.2 Å². The minimum atomic E-state index is -0.519. The van der Waals surface area contributed by atoms with Crippen molar-refractivity contribution >= 4 is 72.7 Å². The highest BCUT2D eigenvalue weighted by molar-refractivity contribution is 9.10. The number of nitriles is 1. The Morgan fingerprint density at radius 3 is 2.45 bits per heavy atom. The number of benzene rings is 3. The molecule has 0 aliphatic heterocycles. The predicted octanol–water partition coefficient (Wildman–Crippen LogP) is 7.65. The molecular weight excluding hydrogens is 595 g/mol. The molecule has 0 unspecified atom stereocenters. The fraction of sp³-hybridized carbons (Fsp3) is 0.0833. The highest BCUT2D eigenvalue weighted by Crippen LogP contribution is 2.38. The molecule has 3 aromatic carbocycles. The first-order valence-corrected chi connectivity index (χ1v) is 11.8. The molecule has 0 bridgehead atoms. The Kier molecular flexibility index (Phi) is 8.81. The normalized spacial score (nSPS) is 11.0. The lowest BCUT2D eigenvalue weighted by molar-refractivity contribution is -0.112. The van der Waals surface area contributed by atoms with Gasteiger partial charge in [0.1, 0.15) is 18.2 Å². The quantitative estimate of drug-likeness (QED) is 0.220. The maximum absolute atomic E-state index is 12.5. The maximum atomic E-state index is 12.5. The van der Waals surface area contributed by atoms with Gasteiger partial charge in [-0.1, -0.05) is 45.2 Å².